The first-order valence-corrected chi connectivity index (χ1v) is 9.67. The summed E-state index contributed by atoms with van der Waals surface area (Å²) in [5, 5.41) is 0. The zero-order valence-corrected chi connectivity index (χ0v) is 15.2. The van der Waals surface area contributed by atoms with E-state index in [0.717, 1.165) is 38.5 Å². The molecule has 2 saturated heterocycles. The van der Waals surface area contributed by atoms with E-state index in [1.54, 1.807) is 0 Å². The molecule has 0 aromatic rings. The second-order valence-electron chi connectivity index (χ2n) is 7.98. The van der Waals surface area contributed by atoms with Crippen molar-refractivity contribution in [3.63, 3.8) is 0 Å². The number of hydrogen-bond donors (Lipinski definition) is 0. The molecule has 2 fully saturated rings. The van der Waals surface area contributed by atoms with Crippen LogP contribution in [0.15, 0.2) is 23.5 Å². The molecule has 4 atom stereocenters. The molecule has 0 spiro atoms. The quantitative estimate of drug-likeness (QED) is 0.569. The minimum Gasteiger partial charge on any atom is -0.390 e. The fourth-order valence-corrected chi connectivity index (χ4v) is 5.16. The van der Waals surface area contributed by atoms with Crippen LogP contribution in [0.3, 0.4) is 0 Å². The Morgan fingerprint density at radius 3 is 1.72 bits per heavy atom. The van der Waals surface area contributed by atoms with E-state index in [2.05, 4.69) is 12.2 Å². The largest absolute Gasteiger partial charge is 0.390 e. The zero-order valence-electron chi connectivity index (χ0n) is 15.2. The molecule has 0 N–H and O–H groups in total. The molecular weight excluding hydrogens is 316 g/mol. The lowest BCUT2D eigenvalue weighted by molar-refractivity contribution is -0.165. The number of ether oxygens (including phenoxy) is 1. The second-order valence-corrected chi connectivity index (χ2v) is 7.98. The van der Waals surface area contributed by atoms with Gasteiger partial charge in [0.2, 0.25) is 0 Å². The Kier molecular flexibility index (Phi) is 4.34. The SMILES string of the molecule is CN1C2=CCCCC2CC1C(=O)OC(=O)C1CC2CCCC=C2N1C. The van der Waals surface area contributed by atoms with E-state index in [-0.39, 0.29) is 24.0 Å². The summed E-state index contributed by atoms with van der Waals surface area (Å²) in [5.74, 6) is 0.155. The van der Waals surface area contributed by atoms with E-state index in [4.69, 9.17) is 4.74 Å². The van der Waals surface area contributed by atoms with Crippen LogP contribution in [0.1, 0.15) is 51.4 Å². The lowest BCUT2D eigenvalue weighted by Gasteiger charge is -2.25. The van der Waals surface area contributed by atoms with Gasteiger partial charge in [-0.1, -0.05) is 12.2 Å². The lowest BCUT2D eigenvalue weighted by Crippen LogP contribution is -2.40. The van der Waals surface area contributed by atoms with Crippen molar-refractivity contribution in [3.05, 3.63) is 23.5 Å². The van der Waals surface area contributed by atoms with Gasteiger partial charge in [-0.25, -0.2) is 9.59 Å². The maximum absolute atomic E-state index is 12.6. The molecule has 5 nitrogen and oxygen atoms in total. The molecule has 0 aromatic carbocycles. The van der Waals surface area contributed by atoms with Crippen LogP contribution >= 0.6 is 0 Å². The topological polar surface area (TPSA) is 49.9 Å². The highest BCUT2D eigenvalue weighted by molar-refractivity contribution is 5.91. The highest BCUT2D eigenvalue weighted by atomic mass is 16.6. The number of hydrogen-bond acceptors (Lipinski definition) is 5. The Labute approximate surface area is 149 Å². The average Bonchev–Trinajstić information content (AvgIpc) is 3.14. The van der Waals surface area contributed by atoms with Gasteiger partial charge in [-0.3, -0.25) is 0 Å². The number of esters is 2. The summed E-state index contributed by atoms with van der Waals surface area (Å²) in [4.78, 5) is 29.3. The number of fused-ring (bicyclic) bond motifs is 2. The molecule has 0 aromatic heterocycles. The van der Waals surface area contributed by atoms with Crippen molar-refractivity contribution >= 4 is 11.9 Å². The molecule has 25 heavy (non-hydrogen) atoms. The van der Waals surface area contributed by atoms with E-state index in [0.29, 0.717) is 11.8 Å². The number of likely N-dealkylation sites (tertiary alicyclic amines) is 2. The predicted octanol–water partition coefficient (Wildman–Crippen LogP) is 2.83. The van der Waals surface area contributed by atoms with E-state index in [1.165, 1.54) is 24.2 Å². The van der Waals surface area contributed by atoms with Crippen LogP contribution in [0.2, 0.25) is 0 Å². The Balaban J connectivity index is 1.41. The lowest BCUT2D eigenvalue weighted by atomic mass is 9.91. The van der Waals surface area contributed by atoms with Gasteiger partial charge in [0, 0.05) is 37.3 Å². The third kappa shape index (κ3) is 2.87. The Morgan fingerprint density at radius 1 is 0.880 bits per heavy atom. The zero-order chi connectivity index (χ0) is 17.6. The molecule has 2 aliphatic carbocycles. The molecule has 136 valence electrons. The summed E-state index contributed by atoms with van der Waals surface area (Å²) in [7, 11) is 3.91. The summed E-state index contributed by atoms with van der Waals surface area (Å²) in [6, 6.07) is -0.627. The second kappa shape index (κ2) is 6.50. The maximum Gasteiger partial charge on any atom is 0.336 e. The van der Waals surface area contributed by atoms with Gasteiger partial charge in [0.25, 0.3) is 0 Å². The van der Waals surface area contributed by atoms with Crippen molar-refractivity contribution in [1.82, 2.24) is 9.80 Å². The maximum atomic E-state index is 12.6. The first-order valence-electron chi connectivity index (χ1n) is 9.67. The van der Waals surface area contributed by atoms with Crippen molar-refractivity contribution < 1.29 is 14.3 Å². The summed E-state index contributed by atoms with van der Waals surface area (Å²) < 4.78 is 5.36. The third-order valence-electron chi connectivity index (χ3n) is 6.57. The monoisotopic (exact) mass is 344 g/mol. The molecule has 2 aliphatic heterocycles. The summed E-state index contributed by atoms with van der Waals surface area (Å²) in [5.41, 5.74) is 2.52. The van der Waals surface area contributed by atoms with Crippen molar-refractivity contribution in [2.24, 2.45) is 11.8 Å². The van der Waals surface area contributed by atoms with Gasteiger partial charge in [0.15, 0.2) is 0 Å². The van der Waals surface area contributed by atoms with Gasteiger partial charge >= 0.3 is 11.9 Å². The van der Waals surface area contributed by atoms with Crippen molar-refractivity contribution in [3.8, 4) is 0 Å². The molecule has 0 saturated carbocycles. The number of allylic oxidation sites excluding steroid dienone is 4. The Morgan fingerprint density at radius 2 is 1.32 bits per heavy atom. The van der Waals surface area contributed by atoms with E-state index in [1.807, 2.05) is 23.9 Å². The molecule has 4 aliphatic rings. The minimum atomic E-state index is -0.375. The molecular formula is C20H28N2O3. The average molecular weight is 344 g/mol. The van der Waals surface area contributed by atoms with Gasteiger partial charge in [-0.2, -0.15) is 0 Å². The van der Waals surface area contributed by atoms with Crippen LogP contribution in [0.5, 0.6) is 0 Å². The van der Waals surface area contributed by atoms with Crippen molar-refractivity contribution in [1.29, 1.82) is 0 Å². The number of nitrogens with zero attached hydrogens (tertiary/aromatic N) is 2. The fourth-order valence-electron chi connectivity index (χ4n) is 5.16. The van der Waals surface area contributed by atoms with Gasteiger partial charge in [0.05, 0.1) is 0 Å². The molecule has 0 radical (unpaired) electrons. The number of rotatable bonds is 2. The Bertz CT molecular complexity index is 585. The normalized spacial score (nSPS) is 34.2. The first-order chi connectivity index (χ1) is 12.1. The van der Waals surface area contributed by atoms with Gasteiger partial charge < -0.3 is 14.5 Å². The van der Waals surface area contributed by atoms with Gasteiger partial charge in [-0.15, -0.1) is 0 Å². The third-order valence-corrected chi connectivity index (χ3v) is 6.57. The first kappa shape index (κ1) is 16.7. The molecule has 2 heterocycles. The van der Waals surface area contributed by atoms with Crippen molar-refractivity contribution in [2.45, 2.75) is 63.5 Å². The molecule has 0 amide bonds. The van der Waals surface area contributed by atoms with E-state index in [9.17, 15) is 9.59 Å². The fraction of sp³-hybridized carbons (Fsp3) is 0.700. The van der Waals surface area contributed by atoms with E-state index >= 15 is 0 Å². The standard InChI is InChI=1S/C20H28N2O3/c1-21-15-9-5-3-7-13(15)11-17(21)19(23)25-20(24)18-12-14-8-4-6-10-16(14)22(18)2/h9-10,13-14,17-18H,3-8,11-12H2,1-2H3. The van der Waals surface area contributed by atoms with Gasteiger partial charge in [0.1, 0.15) is 12.1 Å². The highest BCUT2D eigenvalue weighted by Gasteiger charge is 2.43. The van der Waals surface area contributed by atoms with Crippen molar-refractivity contribution in [2.75, 3.05) is 14.1 Å². The predicted molar refractivity (Wildman–Crippen MR) is 94.3 cm³/mol. The Hall–Kier alpha value is -1.78. The van der Waals surface area contributed by atoms with Crippen LogP contribution in [0, 0.1) is 11.8 Å². The minimum absolute atomic E-state index is 0.313. The molecule has 4 rings (SSSR count). The molecule has 0 bridgehead atoms. The summed E-state index contributed by atoms with van der Waals surface area (Å²) in [6.07, 6.45) is 12.9. The number of likely N-dealkylation sites (N-methyl/N-ethyl adjacent to an activating group) is 2. The van der Waals surface area contributed by atoms with Crippen LogP contribution < -0.4 is 0 Å². The van der Waals surface area contributed by atoms with Crippen LogP contribution in [0.4, 0.5) is 0 Å². The number of carbonyl (C=O) groups excluding carboxylic acids is 2. The number of carbonyl (C=O) groups is 2. The molecule has 4 unspecified atom stereocenters. The van der Waals surface area contributed by atoms with Gasteiger partial charge in [-0.05, 0) is 51.4 Å². The smallest absolute Gasteiger partial charge is 0.336 e. The molecule has 5 heteroatoms. The van der Waals surface area contributed by atoms with Crippen LogP contribution in [0.25, 0.3) is 0 Å². The van der Waals surface area contributed by atoms with Crippen LogP contribution in [-0.2, 0) is 14.3 Å². The van der Waals surface area contributed by atoms with E-state index < -0.39 is 0 Å². The van der Waals surface area contributed by atoms with Crippen LogP contribution in [-0.4, -0.2) is 47.9 Å². The summed E-state index contributed by atoms with van der Waals surface area (Å²) in [6.45, 7) is 0. The highest BCUT2D eigenvalue weighted by Crippen LogP contribution is 2.40. The summed E-state index contributed by atoms with van der Waals surface area (Å²) >= 11 is 0.